The van der Waals surface area contributed by atoms with Gasteiger partial charge in [-0.05, 0) is 137 Å². The van der Waals surface area contributed by atoms with E-state index >= 15 is 0 Å². The number of anilines is 3. The molecule has 4 rings (SSSR count). The number of guanidine groups is 1. The predicted octanol–water partition coefficient (Wildman–Crippen LogP) is 13.3. The highest BCUT2D eigenvalue weighted by atomic mass is 16.1. The quantitative estimate of drug-likeness (QED) is 0.0295. The van der Waals surface area contributed by atoms with Gasteiger partial charge in [-0.25, -0.2) is 4.99 Å². The Hall–Kier alpha value is -4.74. The maximum Gasteiger partial charge on any atom is 0.226 e. The molecule has 0 radical (unpaired) electrons. The summed E-state index contributed by atoms with van der Waals surface area (Å²) in [6.45, 7) is 8.87. The van der Waals surface area contributed by atoms with Gasteiger partial charge in [0.1, 0.15) is 6.17 Å². The number of unbranched alkanes of at least 4 members (excludes halogenated alkanes) is 7. The van der Waals surface area contributed by atoms with Gasteiger partial charge in [0.05, 0.1) is 18.0 Å². The summed E-state index contributed by atoms with van der Waals surface area (Å²) >= 11 is 0. The minimum absolute atomic E-state index is 0.0171. The van der Waals surface area contributed by atoms with Crippen molar-refractivity contribution < 1.29 is 4.79 Å². The molecule has 0 aliphatic carbocycles. The normalized spacial score (nSPS) is 11.3. The van der Waals surface area contributed by atoms with Crippen LogP contribution in [0.5, 0.6) is 0 Å². The first-order valence-electron chi connectivity index (χ1n) is 25.7. The monoisotopic (exact) mass is 936 g/mol. The molecule has 0 unspecified atom stereocenters. The maximum absolute atomic E-state index is 12.1. The van der Waals surface area contributed by atoms with Gasteiger partial charge in [-0.1, -0.05) is 158 Å². The fourth-order valence-corrected chi connectivity index (χ4v) is 7.92. The Morgan fingerprint density at radius 1 is 0.441 bits per heavy atom. The zero-order chi connectivity index (χ0) is 50.5. The first-order chi connectivity index (χ1) is 32.7. The van der Waals surface area contributed by atoms with Crippen LogP contribution in [0.15, 0.2) is 126 Å². The van der Waals surface area contributed by atoms with Gasteiger partial charge in [0.15, 0.2) is 0 Å². The number of rotatable bonds is 25. The van der Waals surface area contributed by atoms with E-state index in [9.17, 15) is 4.79 Å². The van der Waals surface area contributed by atoms with Crippen LogP contribution >= 0.6 is 0 Å². The van der Waals surface area contributed by atoms with Crippen molar-refractivity contribution in [3.8, 4) is 0 Å². The van der Waals surface area contributed by atoms with Crippen LogP contribution in [0.1, 0.15) is 124 Å². The molecule has 0 fully saturated rings. The lowest BCUT2D eigenvalue weighted by Gasteiger charge is -2.38. The summed E-state index contributed by atoms with van der Waals surface area (Å²) < 4.78 is 0. The Morgan fingerprint density at radius 2 is 0.794 bits per heavy atom. The van der Waals surface area contributed by atoms with Gasteiger partial charge in [0.2, 0.25) is 11.9 Å². The standard InChI is InChI=1S/C20H28N2.C19H23N3O.C10H24N2.C9H22N2/c1-4-5-8-17-20(21(2)18-13-9-6-10-14-18)22(3)19-15-11-7-12-16-19;1-2-3-6-15-18(23)22-19(20-16-11-7-4-8-12-16)21-17-13-9-5-10-14-17;1-6-7-8-9-10(11(2)3)12(4)5;1-6-7-8-9(10(2)3)11(4)5/h6-7,9-16,20H,4-5,8,17H2,1-3H3;4-5,7-14H,2-3,6,15H2,1H3,(H2,20,21,22,23);10H,6-9H2,1-5H3;9H,6-8H2,1-5H3. The van der Waals surface area contributed by atoms with Crippen molar-refractivity contribution in [3.05, 3.63) is 121 Å². The number of hydrogen-bond donors (Lipinski definition) is 2. The third-order valence-corrected chi connectivity index (χ3v) is 11.9. The second-order valence-electron chi connectivity index (χ2n) is 18.6. The molecule has 68 heavy (non-hydrogen) atoms. The SMILES string of the molecule is CCCCC(N(C)C)N(C)C.CCCCCC(=O)NC(=Nc1ccccc1)Nc1ccccc1.CCCCCC(N(C)C)N(C)C.CCCCCC(N(C)c1ccccc1)N(C)c1ccccc1. The van der Waals surface area contributed by atoms with Gasteiger partial charge < -0.3 is 15.1 Å². The summed E-state index contributed by atoms with van der Waals surface area (Å²) in [6.07, 6.45) is 19.3. The lowest BCUT2D eigenvalue weighted by molar-refractivity contribution is -0.119. The van der Waals surface area contributed by atoms with Crippen molar-refractivity contribution in [1.82, 2.24) is 24.9 Å². The summed E-state index contributed by atoms with van der Waals surface area (Å²) in [6, 6.07) is 40.6. The highest BCUT2D eigenvalue weighted by Crippen LogP contribution is 2.24. The molecular formula is C58H97N9O. The highest BCUT2D eigenvalue weighted by Gasteiger charge is 2.20. The van der Waals surface area contributed by atoms with E-state index in [1.54, 1.807) is 0 Å². The summed E-state index contributed by atoms with van der Waals surface area (Å²) in [4.78, 5) is 30.5. The van der Waals surface area contributed by atoms with Gasteiger partial charge in [-0.15, -0.1) is 0 Å². The molecule has 10 nitrogen and oxygen atoms in total. The zero-order valence-electron chi connectivity index (χ0n) is 45.4. The van der Waals surface area contributed by atoms with Gasteiger partial charge >= 0.3 is 0 Å². The van der Waals surface area contributed by atoms with Gasteiger partial charge in [0, 0.05) is 37.6 Å². The minimum atomic E-state index is -0.0171. The minimum Gasteiger partial charge on any atom is -0.354 e. The predicted molar refractivity (Wildman–Crippen MR) is 299 cm³/mol. The second-order valence-corrected chi connectivity index (χ2v) is 18.6. The number of carbonyl (C=O) groups is 1. The van der Waals surface area contributed by atoms with E-state index in [2.05, 4.69) is 204 Å². The van der Waals surface area contributed by atoms with Crippen LogP contribution in [0.3, 0.4) is 0 Å². The Kier molecular flexibility index (Phi) is 34.4. The van der Waals surface area contributed by atoms with Crippen LogP contribution in [-0.4, -0.2) is 120 Å². The van der Waals surface area contributed by atoms with Crippen LogP contribution in [0, 0.1) is 0 Å². The molecule has 1 amide bonds. The molecule has 0 atom stereocenters. The summed E-state index contributed by atoms with van der Waals surface area (Å²) in [7, 11) is 21.6. The van der Waals surface area contributed by atoms with Crippen LogP contribution in [-0.2, 0) is 4.79 Å². The van der Waals surface area contributed by atoms with Crippen molar-refractivity contribution in [3.63, 3.8) is 0 Å². The molecule has 0 saturated carbocycles. The van der Waals surface area contributed by atoms with Crippen LogP contribution in [0.2, 0.25) is 0 Å². The molecule has 0 aliphatic rings. The number of benzene rings is 4. The molecular weight excluding hydrogens is 839 g/mol. The molecule has 0 heterocycles. The Labute approximate surface area is 417 Å². The third kappa shape index (κ3) is 27.3. The Balaban J connectivity index is 0.000000478. The largest absolute Gasteiger partial charge is 0.354 e. The van der Waals surface area contributed by atoms with Crippen molar-refractivity contribution in [2.45, 2.75) is 143 Å². The molecule has 0 spiro atoms. The van der Waals surface area contributed by atoms with E-state index < -0.39 is 0 Å². The smallest absolute Gasteiger partial charge is 0.226 e. The number of aliphatic imine (C=N–C) groups is 1. The lowest BCUT2D eigenvalue weighted by atomic mass is 10.1. The molecule has 10 heteroatoms. The topological polar surface area (TPSA) is 72.9 Å². The Morgan fingerprint density at radius 3 is 1.19 bits per heavy atom. The van der Waals surface area contributed by atoms with Crippen LogP contribution in [0.4, 0.5) is 22.7 Å². The number of nitrogens with zero attached hydrogens (tertiary/aromatic N) is 7. The fraction of sp³-hybridized carbons (Fsp3) is 0.552. The number of carbonyl (C=O) groups excluding carboxylic acids is 1. The first-order valence-corrected chi connectivity index (χ1v) is 25.7. The van der Waals surface area contributed by atoms with Crippen molar-refractivity contribution in [2.75, 3.05) is 85.6 Å². The molecule has 2 N–H and O–H groups in total. The van der Waals surface area contributed by atoms with Crippen LogP contribution in [0.25, 0.3) is 0 Å². The van der Waals surface area contributed by atoms with E-state index in [-0.39, 0.29) is 5.91 Å². The van der Waals surface area contributed by atoms with Gasteiger partial charge in [-0.3, -0.25) is 29.7 Å². The molecule has 0 saturated heterocycles. The van der Waals surface area contributed by atoms with Gasteiger partial charge in [-0.2, -0.15) is 0 Å². The number of nitrogens with one attached hydrogen (secondary N) is 2. The zero-order valence-corrected chi connectivity index (χ0v) is 45.4. The maximum atomic E-state index is 12.1. The molecule has 4 aromatic carbocycles. The first kappa shape index (κ1) is 61.3. The average Bonchev–Trinajstić information content (AvgIpc) is 3.33. The van der Waals surface area contributed by atoms with Crippen molar-refractivity contribution in [2.24, 2.45) is 4.99 Å². The molecule has 380 valence electrons. The summed E-state index contributed by atoms with van der Waals surface area (Å²) in [5, 5.41) is 6.04. The van der Waals surface area contributed by atoms with Gasteiger partial charge in [0.25, 0.3) is 0 Å². The third-order valence-electron chi connectivity index (χ3n) is 11.9. The fourth-order valence-electron chi connectivity index (χ4n) is 7.92. The lowest BCUT2D eigenvalue weighted by Crippen LogP contribution is -2.45. The molecule has 0 bridgehead atoms. The van der Waals surface area contributed by atoms with Crippen LogP contribution < -0.4 is 20.4 Å². The summed E-state index contributed by atoms with van der Waals surface area (Å²) in [5.74, 6) is 0.431. The number of hydrogen-bond acceptors (Lipinski definition) is 8. The molecule has 0 aromatic heterocycles. The van der Waals surface area contributed by atoms with E-state index in [1.807, 2.05) is 60.7 Å². The van der Waals surface area contributed by atoms with E-state index in [1.165, 1.54) is 82.0 Å². The molecule has 0 aliphatic heterocycles. The van der Waals surface area contributed by atoms with E-state index in [0.717, 1.165) is 30.6 Å². The van der Waals surface area contributed by atoms with E-state index in [4.69, 9.17) is 0 Å². The summed E-state index contributed by atoms with van der Waals surface area (Å²) in [5.41, 5.74) is 4.22. The van der Waals surface area contributed by atoms with Crippen molar-refractivity contribution >= 4 is 34.6 Å². The Bertz CT molecular complexity index is 1730. The average molecular weight is 936 g/mol. The molecule has 4 aromatic rings. The van der Waals surface area contributed by atoms with Crippen molar-refractivity contribution in [1.29, 1.82) is 0 Å². The second kappa shape index (κ2) is 38.1. The highest BCUT2D eigenvalue weighted by molar-refractivity contribution is 6.05. The number of para-hydroxylation sites is 4. The number of amides is 1. The van der Waals surface area contributed by atoms with E-state index in [0.29, 0.717) is 30.9 Å².